The number of hydrogen-bond acceptors (Lipinski definition) is 3. The van der Waals surface area contributed by atoms with Crippen LogP contribution in [0, 0.1) is 5.92 Å². The van der Waals surface area contributed by atoms with E-state index < -0.39 is 24.8 Å². The zero-order valence-corrected chi connectivity index (χ0v) is 9.88. The molecule has 0 saturated carbocycles. The van der Waals surface area contributed by atoms with E-state index in [2.05, 4.69) is 10.1 Å². The first kappa shape index (κ1) is 16.2. The van der Waals surface area contributed by atoms with Crippen LogP contribution in [0.4, 0.5) is 13.2 Å². The summed E-state index contributed by atoms with van der Waals surface area (Å²) in [6.45, 7) is 2.35. The molecule has 0 aliphatic rings. The van der Waals surface area contributed by atoms with E-state index >= 15 is 0 Å². The Morgan fingerprint density at radius 1 is 1.41 bits per heavy atom. The molecule has 0 radical (unpaired) electrons. The fourth-order valence-corrected chi connectivity index (χ4v) is 1.24. The number of ether oxygens (including phenoxy) is 1. The van der Waals surface area contributed by atoms with Gasteiger partial charge in [0.2, 0.25) is 0 Å². The molecule has 1 atom stereocenters. The Bertz CT molecular complexity index is 231. The summed E-state index contributed by atoms with van der Waals surface area (Å²) in [6.07, 6.45) is -3.92. The zero-order valence-electron chi connectivity index (χ0n) is 9.88. The van der Waals surface area contributed by atoms with Crippen molar-refractivity contribution >= 4 is 5.97 Å². The highest BCUT2D eigenvalue weighted by molar-refractivity contribution is 5.73. The molecule has 17 heavy (non-hydrogen) atoms. The summed E-state index contributed by atoms with van der Waals surface area (Å²) < 4.78 is 39.5. The van der Waals surface area contributed by atoms with Gasteiger partial charge >= 0.3 is 12.1 Å². The van der Waals surface area contributed by atoms with Gasteiger partial charge in [-0.25, -0.2) is 0 Å². The molecule has 0 aliphatic heterocycles. The first-order valence-electron chi connectivity index (χ1n) is 5.33. The molecule has 0 aromatic heterocycles. The number of halogens is 3. The van der Waals surface area contributed by atoms with Crippen molar-refractivity contribution in [1.82, 2.24) is 5.32 Å². The van der Waals surface area contributed by atoms with Crippen molar-refractivity contribution in [1.29, 1.82) is 0 Å². The largest absolute Gasteiger partial charge is 0.480 e. The fraction of sp³-hybridized carbons (Fsp3) is 0.900. The van der Waals surface area contributed by atoms with Crippen molar-refractivity contribution in [3.05, 3.63) is 0 Å². The zero-order chi connectivity index (χ0) is 13.5. The number of carboxylic acids is 1. The Morgan fingerprint density at radius 2 is 2.00 bits per heavy atom. The molecule has 0 bridgehead atoms. The van der Waals surface area contributed by atoms with Crippen LogP contribution >= 0.6 is 0 Å². The lowest BCUT2D eigenvalue weighted by Gasteiger charge is -2.16. The van der Waals surface area contributed by atoms with Crippen molar-refractivity contribution in [2.45, 2.75) is 32.5 Å². The number of alkyl halides is 3. The van der Waals surface area contributed by atoms with Gasteiger partial charge in [0.25, 0.3) is 0 Å². The molecular formula is C10H18F3NO3. The van der Waals surface area contributed by atoms with Crippen LogP contribution in [-0.2, 0) is 9.53 Å². The first-order valence-corrected chi connectivity index (χ1v) is 5.33. The van der Waals surface area contributed by atoms with E-state index in [0.29, 0.717) is 6.42 Å². The summed E-state index contributed by atoms with van der Waals surface area (Å²) in [6, 6.07) is -0.746. The molecule has 2 N–H and O–H groups in total. The quantitative estimate of drug-likeness (QED) is 0.649. The van der Waals surface area contributed by atoms with Crippen LogP contribution in [0.2, 0.25) is 0 Å². The van der Waals surface area contributed by atoms with E-state index in [4.69, 9.17) is 5.11 Å². The smallest absolute Gasteiger partial charge is 0.411 e. The van der Waals surface area contributed by atoms with Crippen molar-refractivity contribution in [2.24, 2.45) is 5.92 Å². The highest BCUT2D eigenvalue weighted by Gasteiger charge is 2.27. The summed E-state index contributed by atoms with van der Waals surface area (Å²) in [5.74, 6) is -0.811. The third-order valence-corrected chi connectivity index (χ3v) is 1.91. The first-order chi connectivity index (χ1) is 7.72. The standard InChI is InChI=1S/C10H18F3NO3/c1-7(2)5-8(9(15)16)14-3-4-17-6-10(11,12)13/h7-8,14H,3-6H2,1-2H3,(H,15,16). The Kier molecular flexibility index (Phi) is 7.13. The minimum atomic E-state index is -4.34. The summed E-state index contributed by atoms with van der Waals surface area (Å²) in [7, 11) is 0. The Hall–Kier alpha value is -0.820. The average molecular weight is 257 g/mol. The molecule has 1 unspecified atom stereocenters. The number of nitrogens with one attached hydrogen (secondary N) is 1. The molecule has 0 saturated heterocycles. The van der Waals surface area contributed by atoms with Crippen molar-refractivity contribution in [3.8, 4) is 0 Å². The van der Waals surface area contributed by atoms with Crippen molar-refractivity contribution < 1.29 is 27.8 Å². The maximum absolute atomic E-state index is 11.7. The van der Waals surface area contributed by atoms with Gasteiger partial charge in [-0.2, -0.15) is 13.2 Å². The second-order valence-corrected chi connectivity index (χ2v) is 4.14. The van der Waals surface area contributed by atoms with Gasteiger partial charge in [-0.1, -0.05) is 13.8 Å². The molecule has 4 nitrogen and oxygen atoms in total. The van der Waals surface area contributed by atoms with Crippen LogP contribution in [0.1, 0.15) is 20.3 Å². The summed E-state index contributed by atoms with van der Waals surface area (Å²) >= 11 is 0. The molecule has 0 fully saturated rings. The molecule has 0 aliphatic carbocycles. The van der Waals surface area contributed by atoms with Gasteiger partial charge in [-0.05, 0) is 12.3 Å². The third kappa shape index (κ3) is 10.1. The van der Waals surface area contributed by atoms with Gasteiger partial charge in [-0.15, -0.1) is 0 Å². The second kappa shape index (κ2) is 7.50. The number of carboxylic acid groups (broad SMARTS) is 1. The molecule has 0 amide bonds. The van der Waals surface area contributed by atoms with Gasteiger partial charge < -0.3 is 15.2 Å². The van der Waals surface area contributed by atoms with E-state index in [9.17, 15) is 18.0 Å². The number of hydrogen-bond donors (Lipinski definition) is 2. The lowest BCUT2D eigenvalue weighted by Crippen LogP contribution is -2.39. The van der Waals surface area contributed by atoms with E-state index in [0.717, 1.165) is 0 Å². The van der Waals surface area contributed by atoms with Crippen LogP contribution < -0.4 is 5.32 Å². The number of carbonyl (C=O) groups is 1. The predicted molar refractivity (Wildman–Crippen MR) is 55.8 cm³/mol. The van der Waals surface area contributed by atoms with E-state index in [-0.39, 0.29) is 19.1 Å². The lowest BCUT2D eigenvalue weighted by atomic mass is 10.0. The van der Waals surface area contributed by atoms with Crippen LogP contribution in [0.15, 0.2) is 0 Å². The van der Waals surface area contributed by atoms with Crippen LogP contribution in [0.3, 0.4) is 0 Å². The highest BCUT2D eigenvalue weighted by atomic mass is 19.4. The molecule has 7 heteroatoms. The lowest BCUT2D eigenvalue weighted by molar-refractivity contribution is -0.173. The maximum Gasteiger partial charge on any atom is 0.411 e. The molecular weight excluding hydrogens is 239 g/mol. The van der Waals surface area contributed by atoms with Crippen molar-refractivity contribution in [3.63, 3.8) is 0 Å². The van der Waals surface area contributed by atoms with Crippen LogP contribution in [-0.4, -0.2) is 43.1 Å². The Morgan fingerprint density at radius 3 is 2.41 bits per heavy atom. The molecule has 0 aromatic rings. The SMILES string of the molecule is CC(C)CC(NCCOCC(F)(F)F)C(=O)O. The topological polar surface area (TPSA) is 58.6 Å². The van der Waals surface area contributed by atoms with Gasteiger partial charge in [0, 0.05) is 6.54 Å². The Labute approximate surface area is 98.1 Å². The van der Waals surface area contributed by atoms with Gasteiger partial charge in [-0.3, -0.25) is 4.79 Å². The normalized spacial score (nSPS) is 14.0. The summed E-state index contributed by atoms with van der Waals surface area (Å²) in [5.41, 5.74) is 0. The van der Waals surface area contributed by atoms with Gasteiger partial charge in [0.15, 0.2) is 0 Å². The summed E-state index contributed by atoms with van der Waals surface area (Å²) in [5, 5.41) is 11.5. The summed E-state index contributed by atoms with van der Waals surface area (Å²) in [4.78, 5) is 10.8. The van der Waals surface area contributed by atoms with E-state index in [1.807, 2.05) is 13.8 Å². The minimum absolute atomic E-state index is 0.0831. The predicted octanol–water partition coefficient (Wildman–Crippen LogP) is 1.65. The van der Waals surface area contributed by atoms with Crippen LogP contribution in [0.25, 0.3) is 0 Å². The second-order valence-electron chi connectivity index (χ2n) is 4.14. The van der Waals surface area contributed by atoms with Crippen LogP contribution in [0.5, 0.6) is 0 Å². The Balaban J connectivity index is 3.72. The van der Waals surface area contributed by atoms with E-state index in [1.165, 1.54) is 0 Å². The minimum Gasteiger partial charge on any atom is -0.480 e. The molecule has 0 rings (SSSR count). The molecule has 102 valence electrons. The van der Waals surface area contributed by atoms with Crippen molar-refractivity contribution in [2.75, 3.05) is 19.8 Å². The monoisotopic (exact) mass is 257 g/mol. The fourth-order valence-electron chi connectivity index (χ4n) is 1.24. The average Bonchev–Trinajstić information content (AvgIpc) is 2.12. The van der Waals surface area contributed by atoms with Gasteiger partial charge in [0.1, 0.15) is 12.6 Å². The van der Waals surface area contributed by atoms with E-state index in [1.54, 1.807) is 0 Å². The molecule has 0 heterocycles. The third-order valence-electron chi connectivity index (χ3n) is 1.91. The molecule has 0 spiro atoms. The number of aliphatic carboxylic acids is 1. The maximum atomic E-state index is 11.7. The van der Waals surface area contributed by atoms with Gasteiger partial charge in [0.05, 0.1) is 6.61 Å². The molecule has 0 aromatic carbocycles. The highest BCUT2D eigenvalue weighted by Crippen LogP contribution is 2.14. The number of rotatable bonds is 8.